The Morgan fingerprint density at radius 3 is 1.42 bits per heavy atom. The van der Waals surface area contributed by atoms with Crippen LogP contribution in [0.15, 0.2) is 33.4 Å². The molecule has 9 aromatic rings. The summed E-state index contributed by atoms with van der Waals surface area (Å²) in [6.07, 6.45) is 1.25. The van der Waals surface area contributed by atoms with Crippen molar-refractivity contribution in [1.29, 1.82) is 0 Å². The van der Waals surface area contributed by atoms with E-state index in [1.165, 1.54) is 6.33 Å². The summed E-state index contributed by atoms with van der Waals surface area (Å²) in [6.45, 7) is 0. The molecule has 270 valence electrons. The zero-order valence-corrected chi connectivity index (χ0v) is 37.4. The molecule has 4 nitrogen and oxygen atoms in total. The van der Waals surface area contributed by atoms with E-state index in [2.05, 4.69) is 9.97 Å². The van der Waals surface area contributed by atoms with E-state index >= 15 is 0 Å². The van der Waals surface area contributed by atoms with Crippen LogP contribution in [0.1, 0.15) is 11.1 Å². The molecular formula is C43H4B24N2O2. The lowest BCUT2D eigenvalue weighted by atomic mass is 9.17. The number of rotatable bonds is 5. The number of fused-ring (bicyclic) bond motifs is 9. The van der Waals surface area contributed by atoms with Crippen molar-refractivity contribution in [3.05, 3.63) is 35.7 Å². The van der Waals surface area contributed by atoms with E-state index in [1.807, 2.05) is 0 Å². The summed E-state index contributed by atoms with van der Waals surface area (Å²) < 4.78 is 12.8. The van der Waals surface area contributed by atoms with Gasteiger partial charge in [-0.2, -0.15) is 0 Å². The van der Waals surface area contributed by atoms with Crippen molar-refractivity contribution >= 4 is 331 Å². The number of furan rings is 2. The Kier molecular flexibility index (Phi) is 11.5. The van der Waals surface area contributed by atoms with Crippen molar-refractivity contribution in [2.24, 2.45) is 0 Å². The van der Waals surface area contributed by atoms with Crippen LogP contribution in [-0.4, -0.2) is 198 Å². The van der Waals surface area contributed by atoms with Gasteiger partial charge in [0.15, 0.2) is 5.58 Å². The maximum Gasteiger partial charge on any atom is 0.180 e. The smallest absolute Gasteiger partial charge is 0.180 e. The average molecular weight is 840 g/mol. The summed E-state index contributed by atoms with van der Waals surface area (Å²) >= 11 is 0. The van der Waals surface area contributed by atoms with Gasteiger partial charge in [-0.1, -0.05) is 71.6 Å². The van der Waals surface area contributed by atoms with Gasteiger partial charge in [-0.05, 0) is 62.1 Å². The van der Waals surface area contributed by atoms with Crippen LogP contribution in [0.5, 0.6) is 0 Å². The normalized spacial score (nSPS) is 13.4. The SMILES string of the molecule is [B]c1c([B])c(-c2ncnc3c2oc2ccc(-c4c([B])c([B])c5c(c4[B])C(C([B])([B])[B])(C([B])([B])[B])c4c([B])c([B])c([B])c([B])c4-5)cc23)c([B])c(-c2c([B])c([B])c([B])c3c2oc2c([B])c([B])c([B])c([B])c23)c1[B]. The molecule has 0 amide bonds. The largest absolute Gasteiger partial charge is 0.456 e. The van der Waals surface area contributed by atoms with Crippen LogP contribution in [0.2, 0.25) is 10.2 Å². The summed E-state index contributed by atoms with van der Waals surface area (Å²) in [4.78, 5) is 9.16. The maximum atomic E-state index is 7.16. The Hall–Kier alpha value is -4.44. The molecule has 0 spiro atoms. The van der Waals surface area contributed by atoms with E-state index < -0.39 is 15.6 Å². The number of hydrogen-bond donors (Lipinski definition) is 0. The molecule has 1 aliphatic rings. The van der Waals surface area contributed by atoms with Crippen molar-refractivity contribution < 1.29 is 8.83 Å². The van der Waals surface area contributed by atoms with Crippen LogP contribution in [0, 0.1) is 0 Å². The molecule has 28 heteroatoms. The van der Waals surface area contributed by atoms with Crippen molar-refractivity contribution in [3.8, 4) is 44.6 Å². The first-order valence-electron chi connectivity index (χ1n) is 20.9. The summed E-state index contributed by atoms with van der Waals surface area (Å²) in [6, 6.07) is 4.90. The van der Waals surface area contributed by atoms with Crippen LogP contribution in [0.3, 0.4) is 0 Å². The molecule has 71 heavy (non-hydrogen) atoms. The number of hydrogen-bond acceptors (Lipinski definition) is 4. The lowest BCUT2D eigenvalue weighted by Gasteiger charge is -2.57. The van der Waals surface area contributed by atoms with Crippen molar-refractivity contribution in [3.63, 3.8) is 0 Å². The number of aromatic nitrogens is 2. The molecule has 0 atom stereocenters. The van der Waals surface area contributed by atoms with Gasteiger partial charge < -0.3 is 8.83 Å². The maximum absolute atomic E-state index is 7.16. The zero-order chi connectivity index (χ0) is 51.9. The Bertz CT molecular complexity index is 3950. The molecule has 3 aromatic heterocycles. The fourth-order valence-electron chi connectivity index (χ4n) is 10.5. The first-order chi connectivity index (χ1) is 33.1. The molecule has 0 N–H and O–H groups in total. The lowest BCUT2D eigenvalue weighted by molar-refractivity contribution is 0.540. The van der Waals surface area contributed by atoms with E-state index in [9.17, 15) is 0 Å². The van der Waals surface area contributed by atoms with Gasteiger partial charge in [0, 0.05) is 21.7 Å². The topological polar surface area (TPSA) is 52.1 Å². The van der Waals surface area contributed by atoms with Gasteiger partial charge >= 0.3 is 0 Å². The number of benzene rings is 6. The third-order valence-electron chi connectivity index (χ3n) is 13.9. The fraction of sp³-hybridized carbons (Fsp3) is 0.0698. The minimum absolute atomic E-state index is 0.00650. The molecule has 3 heterocycles. The highest BCUT2D eigenvalue weighted by Gasteiger charge is 2.57. The van der Waals surface area contributed by atoms with E-state index in [0.29, 0.717) is 10.9 Å². The molecular weight excluding hydrogens is 836 g/mol. The third-order valence-corrected chi connectivity index (χ3v) is 13.9. The van der Waals surface area contributed by atoms with Crippen LogP contribution >= 0.6 is 0 Å². The van der Waals surface area contributed by atoms with Crippen LogP contribution in [0.25, 0.3) is 88.6 Å². The molecule has 6 aromatic carbocycles. The summed E-state index contributed by atoms with van der Waals surface area (Å²) in [7, 11) is 159. The molecule has 0 aliphatic heterocycles. The van der Waals surface area contributed by atoms with E-state index in [1.54, 1.807) is 18.2 Å². The first kappa shape index (κ1) is 50.1. The highest BCUT2D eigenvalue weighted by atomic mass is 16.3. The predicted molar refractivity (Wildman–Crippen MR) is 316 cm³/mol. The molecule has 0 fully saturated rings. The molecule has 0 saturated heterocycles. The molecule has 10 rings (SSSR count). The quantitative estimate of drug-likeness (QED) is 0.162. The second kappa shape index (κ2) is 16.3. The second-order valence-electron chi connectivity index (χ2n) is 17.8. The van der Waals surface area contributed by atoms with Crippen molar-refractivity contribution in [2.75, 3.05) is 0 Å². The first-order valence-corrected chi connectivity index (χ1v) is 20.9. The summed E-state index contributed by atoms with van der Waals surface area (Å²) in [5, 5.41) is -4.10. The lowest BCUT2D eigenvalue weighted by Crippen LogP contribution is -2.59. The van der Waals surface area contributed by atoms with Gasteiger partial charge in [0.25, 0.3) is 0 Å². The van der Waals surface area contributed by atoms with Crippen molar-refractivity contribution in [2.45, 2.75) is 15.6 Å². The average Bonchev–Trinajstić information content (AvgIpc) is 4.00. The minimum atomic E-state index is -2.45. The summed E-state index contributed by atoms with van der Waals surface area (Å²) in [5.74, 6) is 0. The van der Waals surface area contributed by atoms with Crippen LogP contribution in [0.4, 0.5) is 0 Å². The highest BCUT2D eigenvalue weighted by Crippen LogP contribution is 2.63. The van der Waals surface area contributed by atoms with Crippen molar-refractivity contribution in [1.82, 2.24) is 9.97 Å². The summed E-state index contributed by atoms with van der Waals surface area (Å²) in [5.41, 5.74) is -2.33. The Labute approximate surface area is 442 Å². The molecule has 1 aliphatic carbocycles. The second-order valence-corrected chi connectivity index (χ2v) is 17.8. The van der Waals surface area contributed by atoms with Gasteiger partial charge in [0.1, 0.15) is 176 Å². The van der Waals surface area contributed by atoms with E-state index in [-0.39, 0.29) is 187 Å². The monoisotopic (exact) mass is 844 g/mol. The van der Waals surface area contributed by atoms with Gasteiger partial charge in [0.2, 0.25) is 0 Å². The van der Waals surface area contributed by atoms with Gasteiger partial charge in [-0.25, -0.2) is 9.97 Å². The predicted octanol–water partition coefficient (Wildman–Crippen LogP) is -13.0. The third kappa shape index (κ3) is 6.33. The molecule has 0 unspecified atom stereocenters. The van der Waals surface area contributed by atoms with Crippen LogP contribution in [-0.2, 0) is 5.41 Å². The van der Waals surface area contributed by atoms with Gasteiger partial charge in [-0.3, -0.25) is 0 Å². The Morgan fingerprint density at radius 1 is 0.366 bits per heavy atom. The van der Waals surface area contributed by atoms with Gasteiger partial charge in [-0.15, -0.1) is 43.0 Å². The Morgan fingerprint density at radius 2 is 0.817 bits per heavy atom. The van der Waals surface area contributed by atoms with Crippen LogP contribution < -0.4 is 98.3 Å². The fourth-order valence-corrected chi connectivity index (χ4v) is 10.5. The molecule has 0 bridgehead atoms. The van der Waals surface area contributed by atoms with E-state index in [4.69, 9.17) is 197 Å². The standard InChI is InChI=1S/C43H4B24N2O2/c44-18-11(12-24(50)30(56)25(51)13-14-26(52)32(58)34(60)35(61)39(14)71-38(12)13)23(49)29(55)27(53)15(18)37-40-36(68-4-69-37)6-3-5(1-2-7(6)70-40)8-19(45)16-9(21(47)20(8)46)10-17(28(54)33(59)31(57)22(10)48)41(16,42(62,63)64)43(65,66)67/h1-4H. The zero-order valence-electron chi connectivity index (χ0n) is 37.4. The Balaban J connectivity index is 1.23. The molecule has 48 radical (unpaired) electrons. The van der Waals surface area contributed by atoms with E-state index in [0.717, 1.165) is 0 Å². The molecule has 0 saturated carbocycles. The minimum Gasteiger partial charge on any atom is -0.456 e. The highest BCUT2D eigenvalue weighted by molar-refractivity contribution is 6.73. The number of nitrogens with zero attached hydrogens (tertiary/aromatic N) is 2. The van der Waals surface area contributed by atoms with Gasteiger partial charge in [0.05, 0.1) is 47.1 Å².